The van der Waals surface area contributed by atoms with Crippen molar-refractivity contribution < 1.29 is 13.6 Å². The maximum atomic E-state index is 14.3. The Labute approximate surface area is 247 Å². The van der Waals surface area contributed by atoms with Crippen LogP contribution in [0.5, 0.6) is 0 Å². The van der Waals surface area contributed by atoms with Crippen LogP contribution in [0, 0.1) is 34.5 Å². The molecule has 3 nitrogen and oxygen atoms in total. The highest BCUT2D eigenvalue weighted by atomic mass is 35.5. The molecule has 0 aliphatic heterocycles. The van der Waals surface area contributed by atoms with Gasteiger partial charge in [0.05, 0.1) is 0 Å². The number of fused-ring (bicyclic) bond motifs is 5. The first-order chi connectivity index (χ1) is 17.5. The van der Waals surface area contributed by atoms with Gasteiger partial charge in [-0.15, -0.1) is 0 Å². The van der Waals surface area contributed by atoms with Gasteiger partial charge in [0, 0.05) is 24.9 Å². The van der Waals surface area contributed by atoms with E-state index in [2.05, 4.69) is 94.6 Å². The molecule has 39 heavy (non-hydrogen) atoms. The van der Waals surface area contributed by atoms with E-state index < -0.39 is 21.7 Å². The van der Waals surface area contributed by atoms with Crippen LogP contribution in [0.25, 0.3) is 0 Å². The standard InChI is InChI=1S/C33H59ClO3Si2/c1-22(36-38(10,11)29(2,3)4)25-16-17-26-24-15-14-23-20-33(34,37-39(12,13)30(5,6)7)19-18-31(23,8)28(24)27(35)21-32(25,26)9/h14,22,24-26,28H,15-21H2,1-13H3/t22-,24-,25+,26-,28+,31-,32+,33-/m0/s1. The maximum absolute atomic E-state index is 14.3. The van der Waals surface area contributed by atoms with Crippen molar-refractivity contribution in [3.8, 4) is 0 Å². The average molecular weight is 595 g/mol. The van der Waals surface area contributed by atoms with Crippen LogP contribution in [-0.2, 0) is 13.6 Å². The zero-order valence-electron chi connectivity index (χ0n) is 27.5. The smallest absolute Gasteiger partial charge is 0.194 e. The summed E-state index contributed by atoms with van der Waals surface area (Å²) in [4.78, 5) is 14.3. The second kappa shape index (κ2) is 9.79. The Morgan fingerprint density at radius 3 is 2.10 bits per heavy atom. The van der Waals surface area contributed by atoms with Crippen molar-refractivity contribution in [2.24, 2.45) is 34.5 Å². The molecule has 0 aromatic carbocycles. The van der Waals surface area contributed by atoms with Crippen molar-refractivity contribution >= 4 is 34.0 Å². The SMILES string of the molecule is C[C@H](O[Si](C)(C)C(C)(C)C)[C@H]1CC[C@H]2[C@@H]3CC=C4C[C@@](Cl)(O[Si](C)(C)C(C)(C)C)CC[C@]4(C)[C@H]3C(=O)C[C@]12C. The Morgan fingerprint density at radius 1 is 0.949 bits per heavy atom. The van der Waals surface area contributed by atoms with Crippen molar-refractivity contribution in [2.45, 2.75) is 155 Å². The van der Waals surface area contributed by atoms with Crippen molar-refractivity contribution in [1.29, 1.82) is 0 Å². The fourth-order valence-electron chi connectivity index (χ4n) is 8.66. The van der Waals surface area contributed by atoms with Crippen LogP contribution in [0.1, 0.15) is 107 Å². The van der Waals surface area contributed by atoms with Crippen LogP contribution in [0.15, 0.2) is 11.6 Å². The number of hydrogen-bond acceptors (Lipinski definition) is 3. The minimum absolute atomic E-state index is 0.0398. The molecule has 0 spiro atoms. The second-order valence-corrected chi connectivity index (χ2v) is 27.6. The van der Waals surface area contributed by atoms with Gasteiger partial charge in [0.1, 0.15) is 10.8 Å². The first-order valence-corrected chi connectivity index (χ1v) is 22.0. The monoisotopic (exact) mass is 594 g/mol. The predicted octanol–water partition coefficient (Wildman–Crippen LogP) is 10.1. The van der Waals surface area contributed by atoms with Crippen molar-refractivity contribution in [2.75, 3.05) is 0 Å². The van der Waals surface area contributed by atoms with Crippen molar-refractivity contribution in [3.63, 3.8) is 0 Å². The van der Waals surface area contributed by atoms with Gasteiger partial charge in [-0.1, -0.05) is 78.6 Å². The summed E-state index contributed by atoms with van der Waals surface area (Å²) in [7, 11) is -3.87. The average Bonchev–Trinajstić information content (AvgIpc) is 3.08. The lowest BCUT2D eigenvalue weighted by atomic mass is 9.46. The second-order valence-electron chi connectivity index (χ2n) is 17.5. The molecule has 4 rings (SSSR count). The molecule has 0 amide bonds. The van der Waals surface area contributed by atoms with Crippen LogP contribution >= 0.6 is 11.6 Å². The zero-order valence-corrected chi connectivity index (χ0v) is 30.3. The van der Waals surface area contributed by atoms with Gasteiger partial charge < -0.3 is 8.85 Å². The normalized spacial score (nSPS) is 40.5. The molecule has 0 unspecified atom stereocenters. The summed E-state index contributed by atoms with van der Waals surface area (Å²) in [6, 6.07) is 0. The summed E-state index contributed by atoms with van der Waals surface area (Å²) in [5.41, 5.74) is 1.35. The molecule has 224 valence electrons. The number of halogens is 1. The molecule has 0 N–H and O–H groups in total. The highest BCUT2D eigenvalue weighted by Gasteiger charge is 2.64. The molecule has 0 aromatic rings. The number of Topliss-reactive ketones (excluding diaryl/α,β-unsaturated/α-hetero) is 1. The van der Waals surface area contributed by atoms with Crippen LogP contribution in [0.4, 0.5) is 0 Å². The highest BCUT2D eigenvalue weighted by Crippen LogP contribution is 2.67. The Kier molecular flexibility index (Phi) is 8.03. The molecular weight excluding hydrogens is 536 g/mol. The van der Waals surface area contributed by atoms with E-state index in [-0.39, 0.29) is 32.9 Å². The summed E-state index contributed by atoms with van der Waals surface area (Å²) >= 11 is 7.29. The van der Waals surface area contributed by atoms with Crippen molar-refractivity contribution in [1.82, 2.24) is 0 Å². The molecule has 6 heteroatoms. The van der Waals surface area contributed by atoms with Gasteiger partial charge in [-0.2, -0.15) is 0 Å². The number of alkyl halides is 1. The molecule has 3 saturated carbocycles. The van der Waals surface area contributed by atoms with E-state index in [9.17, 15) is 4.79 Å². The third-order valence-electron chi connectivity index (χ3n) is 13.0. The van der Waals surface area contributed by atoms with Gasteiger partial charge in [-0.25, -0.2) is 0 Å². The molecule has 4 aliphatic carbocycles. The van der Waals surface area contributed by atoms with E-state index >= 15 is 0 Å². The number of allylic oxidation sites excluding steroid dienone is 1. The first-order valence-electron chi connectivity index (χ1n) is 15.8. The van der Waals surface area contributed by atoms with E-state index in [0.29, 0.717) is 30.0 Å². The minimum atomic E-state index is -2.00. The lowest BCUT2D eigenvalue weighted by Gasteiger charge is -2.59. The van der Waals surface area contributed by atoms with Gasteiger partial charge >= 0.3 is 0 Å². The van der Waals surface area contributed by atoms with Gasteiger partial charge in [0.15, 0.2) is 16.6 Å². The summed E-state index contributed by atoms with van der Waals surface area (Å²) in [5, 5.41) is -0.321. The van der Waals surface area contributed by atoms with Crippen LogP contribution < -0.4 is 0 Å². The van der Waals surface area contributed by atoms with Gasteiger partial charge in [-0.3, -0.25) is 4.79 Å². The van der Waals surface area contributed by atoms with Crippen LogP contribution in [-0.4, -0.2) is 33.6 Å². The molecule has 0 radical (unpaired) electrons. The van der Waals surface area contributed by atoms with E-state index in [0.717, 1.165) is 25.7 Å². The molecule has 0 aromatic heterocycles. The number of carbonyl (C=O) groups is 1. The van der Waals surface area contributed by atoms with E-state index in [1.54, 1.807) is 0 Å². The van der Waals surface area contributed by atoms with Crippen LogP contribution in [0.3, 0.4) is 0 Å². The quantitative estimate of drug-likeness (QED) is 0.180. The summed E-state index contributed by atoms with van der Waals surface area (Å²) in [6.07, 6.45) is 9.37. The maximum Gasteiger partial charge on any atom is 0.194 e. The number of hydrogen-bond donors (Lipinski definition) is 0. The molecule has 0 bridgehead atoms. The fraction of sp³-hybridized carbons (Fsp3) is 0.909. The highest BCUT2D eigenvalue weighted by molar-refractivity contribution is 6.74. The molecule has 3 fully saturated rings. The largest absolute Gasteiger partial charge is 0.414 e. The summed E-state index contributed by atoms with van der Waals surface area (Å²) in [6.45, 7) is 30.3. The van der Waals surface area contributed by atoms with Crippen LogP contribution in [0.2, 0.25) is 36.3 Å². The lowest BCUT2D eigenvalue weighted by Crippen LogP contribution is -2.57. The summed E-state index contributed by atoms with van der Waals surface area (Å²) in [5.74, 6) is 2.13. The Bertz CT molecular complexity index is 1010. The van der Waals surface area contributed by atoms with Gasteiger partial charge in [-0.05, 0) is 104 Å². The number of rotatable bonds is 5. The molecule has 0 heterocycles. The molecular formula is C33H59ClO3Si2. The molecule has 4 aliphatic rings. The Morgan fingerprint density at radius 2 is 1.54 bits per heavy atom. The van der Waals surface area contributed by atoms with E-state index in [1.807, 2.05) is 0 Å². The molecule has 8 atom stereocenters. The van der Waals surface area contributed by atoms with Crippen molar-refractivity contribution in [3.05, 3.63) is 11.6 Å². The van der Waals surface area contributed by atoms with Gasteiger partial charge in [0.2, 0.25) is 0 Å². The Balaban J connectivity index is 1.57. The third-order valence-corrected chi connectivity index (χ3v) is 22.6. The van der Waals surface area contributed by atoms with E-state index in [1.165, 1.54) is 18.4 Å². The third kappa shape index (κ3) is 5.36. The van der Waals surface area contributed by atoms with E-state index in [4.69, 9.17) is 20.5 Å². The topological polar surface area (TPSA) is 35.5 Å². The number of carbonyl (C=O) groups excluding carboxylic acids is 1. The fourth-order valence-corrected chi connectivity index (χ4v) is 12.3. The summed E-state index contributed by atoms with van der Waals surface area (Å²) < 4.78 is 13.8. The number of ketones is 1. The Hall–Kier alpha value is 0.0538. The van der Waals surface area contributed by atoms with Gasteiger partial charge in [0.25, 0.3) is 0 Å². The minimum Gasteiger partial charge on any atom is -0.414 e. The lowest BCUT2D eigenvalue weighted by molar-refractivity contribution is -0.146. The zero-order chi connectivity index (χ0) is 29.6. The predicted molar refractivity (Wildman–Crippen MR) is 170 cm³/mol. The first kappa shape index (κ1) is 32.0. The molecule has 0 saturated heterocycles.